The highest BCUT2D eigenvalue weighted by Crippen LogP contribution is 2.14. The molecule has 4 amide bonds. The molecule has 42 heavy (non-hydrogen) atoms. The molecule has 2 aromatic rings. The summed E-state index contributed by atoms with van der Waals surface area (Å²) in [6.45, 7) is 3.62. The van der Waals surface area contributed by atoms with Crippen molar-refractivity contribution >= 4 is 29.6 Å². The molecule has 0 fully saturated rings. The van der Waals surface area contributed by atoms with E-state index >= 15 is 0 Å². The van der Waals surface area contributed by atoms with Crippen LogP contribution in [0.5, 0.6) is 11.5 Å². The van der Waals surface area contributed by atoms with E-state index in [2.05, 4.69) is 16.0 Å². The smallest absolute Gasteiger partial charge is 0.326 e. The number of carbonyl (C=O) groups excluding carboxylic acids is 4. The number of carboxylic acids is 1. The monoisotopic (exact) mass is 585 g/mol. The van der Waals surface area contributed by atoms with Gasteiger partial charge in [-0.05, 0) is 60.6 Å². The highest BCUT2D eigenvalue weighted by Gasteiger charge is 2.31. The van der Waals surface area contributed by atoms with E-state index in [0.717, 1.165) is 0 Å². The standard InChI is InChI=1S/C29H39N5O8/c1-16(2)13-23(27(39)32-22(29(41)42)11-12-25(31)37)34-28(40)24(15-18-5-9-20(36)10-6-18)33-26(38)21(30)14-17-3-7-19(35)8-4-17/h3-10,16,21-24,35-36H,11-15,30H2,1-2H3,(H2,31,37)(H,32,39)(H,33,38)(H,34,40)(H,41,42). The van der Waals surface area contributed by atoms with Gasteiger partial charge in [0.25, 0.3) is 0 Å². The van der Waals surface area contributed by atoms with Gasteiger partial charge >= 0.3 is 5.97 Å². The van der Waals surface area contributed by atoms with Gasteiger partial charge in [0.15, 0.2) is 0 Å². The minimum atomic E-state index is -1.40. The number of phenols is 2. The first kappa shape index (κ1) is 33.6. The van der Waals surface area contributed by atoms with E-state index < -0.39 is 53.8 Å². The molecule has 0 bridgehead atoms. The molecule has 0 saturated carbocycles. The Balaban J connectivity index is 2.23. The maximum absolute atomic E-state index is 13.5. The summed E-state index contributed by atoms with van der Waals surface area (Å²) < 4.78 is 0. The van der Waals surface area contributed by atoms with Crippen LogP contribution in [-0.2, 0) is 36.8 Å². The SMILES string of the molecule is CC(C)CC(NC(=O)C(Cc1ccc(O)cc1)NC(=O)C(N)Cc1ccc(O)cc1)C(=O)NC(CCC(N)=O)C(=O)O. The van der Waals surface area contributed by atoms with E-state index in [4.69, 9.17) is 11.5 Å². The van der Waals surface area contributed by atoms with Crippen LogP contribution < -0.4 is 27.4 Å². The lowest BCUT2D eigenvalue weighted by molar-refractivity contribution is -0.142. The van der Waals surface area contributed by atoms with Crippen LogP contribution in [0.2, 0.25) is 0 Å². The first-order valence-corrected chi connectivity index (χ1v) is 13.5. The van der Waals surface area contributed by atoms with Crippen LogP contribution >= 0.6 is 0 Å². The Morgan fingerprint density at radius 1 is 0.714 bits per heavy atom. The number of aromatic hydroxyl groups is 2. The van der Waals surface area contributed by atoms with Crippen molar-refractivity contribution in [3.8, 4) is 11.5 Å². The van der Waals surface area contributed by atoms with Crippen molar-refractivity contribution < 1.29 is 39.3 Å². The van der Waals surface area contributed by atoms with Gasteiger partial charge in [-0.2, -0.15) is 0 Å². The molecule has 2 rings (SSSR count). The molecular weight excluding hydrogens is 546 g/mol. The summed E-state index contributed by atoms with van der Waals surface area (Å²) in [6.07, 6.45) is -0.211. The van der Waals surface area contributed by atoms with Gasteiger partial charge in [0, 0.05) is 12.8 Å². The number of rotatable bonds is 16. The largest absolute Gasteiger partial charge is 0.508 e. The summed E-state index contributed by atoms with van der Waals surface area (Å²) in [7, 11) is 0. The molecule has 0 aliphatic rings. The normalized spacial score (nSPS) is 13.8. The predicted molar refractivity (Wildman–Crippen MR) is 153 cm³/mol. The van der Waals surface area contributed by atoms with Gasteiger partial charge in [0.05, 0.1) is 6.04 Å². The zero-order valence-corrected chi connectivity index (χ0v) is 23.6. The second-order valence-corrected chi connectivity index (χ2v) is 10.5. The van der Waals surface area contributed by atoms with Crippen molar-refractivity contribution in [1.82, 2.24) is 16.0 Å². The van der Waals surface area contributed by atoms with Crippen molar-refractivity contribution in [2.75, 3.05) is 0 Å². The van der Waals surface area contributed by atoms with Gasteiger partial charge in [-0.25, -0.2) is 4.79 Å². The number of aliphatic carboxylic acids is 1. The summed E-state index contributed by atoms with van der Waals surface area (Å²) >= 11 is 0. The number of carbonyl (C=O) groups is 5. The summed E-state index contributed by atoms with van der Waals surface area (Å²) in [5, 5.41) is 36.2. The Morgan fingerprint density at radius 2 is 1.17 bits per heavy atom. The number of carboxylic acid groups (broad SMARTS) is 1. The van der Waals surface area contributed by atoms with E-state index in [-0.39, 0.29) is 49.5 Å². The Hall–Kier alpha value is -4.65. The van der Waals surface area contributed by atoms with Crippen molar-refractivity contribution in [2.24, 2.45) is 17.4 Å². The number of benzene rings is 2. The molecule has 2 aromatic carbocycles. The second-order valence-electron chi connectivity index (χ2n) is 10.5. The molecule has 4 atom stereocenters. The Morgan fingerprint density at radius 3 is 1.64 bits per heavy atom. The van der Waals surface area contributed by atoms with E-state index in [1.807, 2.05) is 13.8 Å². The van der Waals surface area contributed by atoms with Crippen LogP contribution in [-0.4, -0.2) is 69.1 Å². The molecule has 4 unspecified atom stereocenters. The van der Waals surface area contributed by atoms with Gasteiger partial charge in [-0.3, -0.25) is 19.2 Å². The lowest BCUT2D eigenvalue weighted by Gasteiger charge is -2.26. The highest BCUT2D eigenvalue weighted by atomic mass is 16.4. The van der Waals surface area contributed by atoms with Crippen LogP contribution in [0, 0.1) is 5.92 Å². The van der Waals surface area contributed by atoms with Gasteiger partial charge in [-0.15, -0.1) is 0 Å². The number of primary amides is 1. The average molecular weight is 586 g/mol. The fraction of sp³-hybridized carbons (Fsp3) is 0.414. The number of amides is 4. The quantitative estimate of drug-likeness (QED) is 0.133. The van der Waals surface area contributed by atoms with Gasteiger partial charge < -0.3 is 42.7 Å². The van der Waals surface area contributed by atoms with Crippen molar-refractivity contribution in [1.29, 1.82) is 0 Å². The first-order valence-electron chi connectivity index (χ1n) is 13.5. The lowest BCUT2D eigenvalue weighted by Crippen LogP contribution is -2.58. The molecule has 10 N–H and O–H groups in total. The minimum Gasteiger partial charge on any atom is -0.508 e. The average Bonchev–Trinajstić information content (AvgIpc) is 2.91. The van der Waals surface area contributed by atoms with Crippen LogP contribution in [0.15, 0.2) is 48.5 Å². The fourth-order valence-electron chi connectivity index (χ4n) is 4.13. The van der Waals surface area contributed by atoms with Gasteiger partial charge in [-0.1, -0.05) is 38.1 Å². The number of phenolic OH excluding ortho intramolecular Hbond substituents is 2. The van der Waals surface area contributed by atoms with Crippen molar-refractivity contribution in [3.05, 3.63) is 59.7 Å². The topological polar surface area (TPSA) is 234 Å². The maximum atomic E-state index is 13.5. The Bertz CT molecular complexity index is 1230. The molecule has 13 nitrogen and oxygen atoms in total. The summed E-state index contributed by atoms with van der Waals surface area (Å²) in [6, 6.07) is 7.39. The molecule has 0 aliphatic heterocycles. The van der Waals surface area contributed by atoms with E-state index in [1.165, 1.54) is 24.3 Å². The molecule has 0 aromatic heterocycles. The van der Waals surface area contributed by atoms with Gasteiger partial charge in [0.2, 0.25) is 23.6 Å². The van der Waals surface area contributed by atoms with Crippen molar-refractivity contribution in [2.45, 2.75) is 70.1 Å². The summed E-state index contributed by atoms with van der Waals surface area (Å²) in [5.74, 6) is -4.21. The molecule has 0 heterocycles. The third-order valence-electron chi connectivity index (χ3n) is 6.37. The predicted octanol–water partition coefficient (Wildman–Crippen LogP) is 0.0609. The molecule has 0 saturated heterocycles. The molecule has 13 heteroatoms. The van der Waals surface area contributed by atoms with E-state index in [1.54, 1.807) is 24.3 Å². The lowest BCUT2D eigenvalue weighted by atomic mass is 10.00. The zero-order valence-electron chi connectivity index (χ0n) is 23.6. The number of hydrogen-bond acceptors (Lipinski definition) is 8. The van der Waals surface area contributed by atoms with E-state index in [0.29, 0.717) is 11.1 Å². The number of nitrogens with one attached hydrogen (secondary N) is 3. The van der Waals surface area contributed by atoms with E-state index in [9.17, 15) is 39.3 Å². The zero-order chi connectivity index (χ0) is 31.4. The number of hydrogen-bond donors (Lipinski definition) is 8. The molecule has 0 spiro atoms. The molecular formula is C29H39N5O8. The van der Waals surface area contributed by atoms with Crippen LogP contribution in [0.4, 0.5) is 0 Å². The Kier molecular flexibility index (Phi) is 12.8. The highest BCUT2D eigenvalue weighted by molar-refractivity contribution is 5.94. The molecule has 0 radical (unpaired) electrons. The number of nitrogens with two attached hydrogens (primary N) is 2. The van der Waals surface area contributed by atoms with Crippen LogP contribution in [0.1, 0.15) is 44.2 Å². The van der Waals surface area contributed by atoms with Crippen molar-refractivity contribution in [3.63, 3.8) is 0 Å². The third-order valence-corrected chi connectivity index (χ3v) is 6.37. The summed E-state index contributed by atoms with van der Waals surface area (Å²) in [5.41, 5.74) is 12.5. The third kappa shape index (κ3) is 11.5. The second kappa shape index (κ2) is 16.0. The van der Waals surface area contributed by atoms with Crippen LogP contribution in [0.25, 0.3) is 0 Å². The minimum absolute atomic E-state index is 0.00381. The summed E-state index contributed by atoms with van der Waals surface area (Å²) in [4.78, 5) is 62.4. The van der Waals surface area contributed by atoms with Gasteiger partial charge in [0.1, 0.15) is 29.6 Å². The Labute approximate surface area is 243 Å². The molecule has 228 valence electrons. The fourth-order valence-corrected chi connectivity index (χ4v) is 4.13. The van der Waals surface area contributed by atoms with Crippen LogP contribution in [0.3, 0.4) is 0 Å². The molecule has 0 aliphatic carbocycles. The maximum Gasteiger partial charge on any atom is 0.326 e. The first-order chi connectivity index (χ1) is 19.7.